The smallest absolute Gasteiger partial charge is 0.396 e. The van der Waals surface area contributed by atoms with Crippen molar-refractivity contribution < 1.29 is 13.2 Å². The molecule has 2 aromatic rings. The molecule has 0 unspecified atom stereocenters. The number of nitrogens with zero attached hydrogens (tertiary/aromatic N) is 3. The van der Waals surface area contributed by atoms with Gasteiger partial charge in [-0.1, -0.05) is 0 Å². The van der Waals surface area contributed by atoms with Gasteiger partial charge in [-0.3, -0.25) is 0 Å². The molecule has 0 aliphatic rings. The second kappa shape index (κ2) is 2.85. The van der Waals surface area contributed by atoms with E-state index >= 15 is 0 Å². The van der Waals surface area contributed by atoms with Crippen molar-refractivity contribution in [3.8, 4) is 0 Å². The highest BCUT2D eigenvalue weighted by atomic mass is 19.4. The molecule has 0 radical (unpaired) electrons. The molecule has 0 fully saturated rings. The van der Waals surface area contributed by atoms with Gasteiger partial charge in [-0.2, -0.15) is 13.2 Å². The molecule has 0 saturated carbocycles. The third kappa shape index (κ3) is 1.49. The molecular formula is C8H7F3N4. The fraction of sp³-hybridized carbons (Fsp3) is 0.250. The normalized spacial score (nSPS) is 12.3. The van der Waals surface area contributed by atoms with Gasteiger partial charge in [-0.15, -0.1) is 5.10 Å². The van der Waals surface area contributed by atoms with E-state index in [0.717, 1.165) is 4.52 Å². The third-order valence-electron chi connectivity index (χ3n) is 1.96. The van der Waals surface area contributed by atoms with Gasteiger partial charge in [0, 0.05) is 5.69 Å². The maximum atomic E-state index is 12.3. The molecule has 2 rings (SSSR count). The SMILES string of the molecule is Cc1ccc(N)c2nc(C(F)(F)F)nn12. The van der Waals surface area contributed by atoms with Gasteiger partial charge in [0.25, 0.3) is 5.82 Å². The number of halogens is 3. The van der Waals surface area contributed by atoms with Crippen molar-refractivity contribution in [2.24, 2.45) is 0 Å². The fourth-order valence-electron chi connectivity index (χ4n) is 1.22. The lowest BCUT2D eigenvalue weighted by Gasteiger charge is -1.98. The molecular weight excluding hydrogens is 209 g/mol. The van der Waals surface area contributed by atoms with Crippen LogP contribution in [-0.2, 0) is 6.18 Å². The summed E-state index contributed by atoms with van der Waals surface area (Å²) < 4.78 is 38.0. The summed E-state index contributed by atoms with van der Waals surface area (Å²) in [6.07, 6.45) is -4.55. The average molecular weight is 216 g/mol. The molecule has 80 valence electrons. The molecule has 0 saturated heterocycles. The van der Waals surface area contributed by atoms with E-state index in [-0.39, 0.29) is 11.3 Å². The number of hydrogen-bond acceptors (Lipinski definition) is 3. The monoisotopic (exact) mass is 216 g/mol. The van der Waals surface area contributed by atoms with Crippen molar-refractivity contribution in [2.45, 2.75) is 13.1 Å². The Kier molecular flexibility index (Phi) is 1.85. The van der Waals surface area contributed by atoms with E-state index in [0.29, 0.717) is 5.69 Å². The number of nitrogen functional groups attached to an aromatic ring is 1. The Morgan fingerprint density at radius 1 is 1.33 bits per heavy atom. The zero-order chi connectivity index (χ0) is 11.2. The summed E-state index contributed by atoms with van der Waals surface area (Å²) >= 11 is 0. The Morgan fingerprint density at radius 3 is 2.53 bits per heavy atom. The van der Waals surface area contributed by atoms with Crippen LogP contribution in [0, 0.1) is 6.92 Å². The second-order valence-corrected chi connectivity index (χ2v) is 3.10. The van der Waals surface area contributed by atoms with Crippen molar-refractivity contribution in [1.29, 1.82) is 0 Å². The van der Waals surface area contributed by atoms with Crippen LogP contribution in [0.4, 0.5) is 18.9 Å². The topological polar surface area (TPSA) is 56.2 Å². The van der Waals surface area contributed by atoms with E-state index in [1.807, 2.05) is 0 Å². The number of aryl methyl sites for hydroxylation is 1. The number of fused-ring (bicyclic) bond motifs is 1. The highest BCUT2D eigenvalue weighted by Gasteiger charge is 2.36. The summed E-state index contributed by atoms with van der Waals surface area (Å²) in [6.45, 7) is 1.63. The van der Waals surface area contributed by atoms with Crippen LogP contribution in [0.3, 0.4) is 0 Å². The largest absolute Gasteiger partial charge is 0.453 e. The second-order valence-electron chi connectivity index (χ2n) is 3.10. The van der Waals surface area contributed by atoms with Crippen molar-refractivity contribution in [3.63, 3.8) is 0 Å². The standard InChI is InChI=1S/C8H7F3N4/c1-4-2-3-5(12)6-13-7(8(9,10)11)14-15(4)6/h2-3H,12H2,1H3. The van der Waals surface area contributed by atoms with Crippen LogP contribution in [0.15, 0.2) is 12.1 Å². The number of alkyl halides is 3. The number of anilines is 1. The lowest BCUT2D eigenvalue weighted by atomic mass is 10.3. The van der Waals surface area contributed by atoms with E-state index in [2.05, 4.69) is 10.1 Å². The summed E-state index contributed by atoms with van der Waals surface area (Å²) in [4.78, 5) is 3.35. The minimum atomic E-state index is -4.55. The van der Waals surface area contributed by atoms with Crippen molar-refractivity contribution in [3.05, 3.63) is 23.7 Å². The number of aromatic nitrogens is 3. The van der Waals surface area contributed by atoms with Gasteiger partial charge in [0.2, 0.25) is 0 Å². The molecule has 0 amide bonds. The summed E-state index contributed by atoms with van der Waals surface area (Å²) in [5.74, 6) is -1.18. The van der Waals surface area contributed by atoms with E-state index in [9.17, 15) is 13.2 Å². The summed E-state index contributed by atoms with van der Waals surface area (Å²) in [5, 5.41) is 3.34. The molecule has 15 heavy (non-hydrogen) atoms. The third-order valence-corrected chi connectivity index (χ3v) is 1.96. The Morgan fingerprint density at radius 2 is 2.00 bits per heavy atom. The van der Waals surface area contributed by atoms with Gasteiger partial charge in [0.05, 0.1) is 5.69 Å². The van der Waals surface area contributed by atoms with Gasteiger partial charge < -0.3 is 5.73 Å². The number of pyridine rings is 1. The number of rotatable bonds is 0. The fourth-order valence-corrected chi connectivity index (χ4v) is 1.22. The molecule has 7 heteroatoms. The van der Waals surface area contributed by atoms with Gasteiger partial charge >= 0.3 is 6.18 Å². The predicted octanol–water partition coefficient (Wildman–Crippen LogP) is 1.64. The quantitative estimate of drug-likeness (QED) is 0.728. The van der Waals surface area contributed by atoms with Crippen LogP contribution < -0.4 is 5.73 Å². The van der Waals surface area contributed by atoms with Gasteiger partial charge in [-0.25, -0.2) is 9.50 Å². The van der Waals surface area contributed by atoms with Crippen LogP contribution >= 0.6 is 0 Å². The lowest BCUT2D eigenvalue weighted by Crippen LogP contribution is -2.07. The maximum Gasteiger partial charge on any atom is 0.453 e. The summed E-state index contributed by atoms with van der Waals surface area (Å²) in [6, 6.07) is 3.08. The molecule has 2 heterocycles. The lowest BCUT2D eigenvalue weighted by molar-refractivity contribution is -0.144. The highest BCUT2D eigenvalue weighted by molar-refractivity contribution is 5.64. The Bertz CT molecular complexity index is 475. The van der Waals surface area contributed by atoms with Gasteiger partial charge in [0.15, 0.2) is 5.65 Å². The molecule has 0 aromatic carbocycles. The zero-order valence-corrected chi connectivity index (χ0v) is 7.71. The number of hydrogen-bond donors (Lipinski definition) is 1. The van der Waals surface area contributed by atoms with Crippen LogP contribution in [0.1, 0.15) is 11.5 Å². The minimum absolute atomic E-state index is 0.0299. The molecule has 2 aromatic heterocycles. The first kappa shape index (κ1) is 9.75. The molecule has 2 N–H and O–H groups in total. The molecule has 0 aliphatic heterocycles. The average Bonchev–Trinajstić information content (AvgIpc) is 2.56. The first-order valence-corrected chi connectivity index (χ1v) is 4.08. The van der Waals surface area contributed by atoms with Crippen LogP contribution in [0.25, 0.3) is 5.65 Å². The molecule has 0 spiro atoms. The van der Waals surface area contributed by atoms with Crippen LogP contribution in [0.2, 0.25) is 0 Å². The van der Waals surface area contributed by atoms with Crippen molar-refractivity contribution in [1.82, 2.24) is 14.6 Å². The predicted molar refractivity (Wildman–Crippen MR) is 47.1 cm³/mol. The van der Waals surface area contributed by atoms with Crippen LogP contribution in [0.5, 0.6) is 0 Å². The van der Waals surface area contributed by atoms with Crippen molar-refractivity contribution in [2.75, 3.05) is 5.73 Å². The molecule has 4 nitrogen and oxygen atoms in total. The maximum absolute atomic E-state index is 12.3. The van der Waals surface area contributed by atoms with E-state index in [4.69, 9.17) is 5.73 Å². The highest BCUT2D eigenvalue weighted by Crippen LogP contribution is 2.27. The number of nitrogens with two attached hydrogens (primary N) is 1. The first-order chi connectivity index (χ1) is 6.89. The zero-order valence-electron chi connectivity index (χ0n) is 7.71. The first-order valence-electron chi connectivity index (χ1n) is 4.08. The van der Waals surface area contributed by atoms with E-state index < -0.39 is 12.0 Å². The molecule has 0 atom stereocenters. The van der Waals surface area contributed by atoms with E-state index in [1.165, 1.54) is 6.07 Å². The van der Waals surface area contributed by atoms with Gasteiger partial charge in [0.1, 0.15) is 0 Å². The van der Waals surface area contributed by atoms with Gasteiger partial charge in [-0.05, 0) is 19.1 Å². The van der Waals surface area contributed by atoms with Crippen molar-refractivity contribution >= 4 is 11.3 Å². The minimum Gasteiger partial charge on any atom is -0.396 e. The van der Waals surface area contributed by atoms with E-state index in [1.54, 1.807) is 13.0 Å². The Balaban J connectivity index is 2.76. The molecule has 0 bridgehead atoms. The Labute approximate surface area is 82.5 Å². The van der Waals surface area contributed by atoms with Crippen LogP contribution in [-0.4, -0.2) is 14.6 Å². The summed E-state index contributed by atoms with van der Waals surface area (Å²) in [5.41, 5.74) is 6.23. The Hall–Kier alpha value is -1.79. The molecule has 0 aliphatic carbocycles. The summed E-state index contributed by atoms with van der Waals surface area (Å²) in [7, 11) is 0.